The Balaban J connectivity index is 1.50. The lowest BCUT2D eigenvalue weighted by molar-refractivity contribution is -0.338. The summed E-state index contributed by atoms with van der Waals surface area (Å²) in [5, 5.41) is 0. The molecule has 0 aliphatic carbocycles. The quantitative estimate of drug-likeness (QED) is 0.610. The topological polar surface area (TPSA) is 73.8 Å². The lowest BCUT2D eigenvalue weighted by atomic mass is 9.93. The highest BCUT2D eigenvalue weighted by Gasteiger charge is 2.48. The predicted molar refractivity (Wildman–Crippen MR) is 95.9 cm³/mol. The Bertz CT molecular complexity index is 388. The second-order valence-corrected chi connectivity index (χ2v) is 6.97. The number of hydrogen-bond acceptors (Lipinski definition) is 8. The molecule has 3 atom stereocenters. The fourth-order valence-corrected chi connectivity index (χ4v) is 3.57. The Hall–Kier alpha value is -0.320. The van der Waals surface area contributed by atoms with Gasteiger partial charge in [-0.2, -0.15) is 0 Å². The molecule has 3 heterocycles. The highest BCUT2D eigenvalue weighted by molar-refractivity contribution is 4.90. The van der Waals surface area contributed by atoms with Gasteiger partial charge in [0.05, 0.1) is 85.4 Å². The third-order valence-electron chi connectivity index (χ3n) is 4.99. The van der Waals surface area contributed by atoms with Crippen LogP contribution in [0.25, 0.3) is 0 Å². The molecule has 0 aromatic rings. The van der Waals surface area contributed by atoms with Gasteiger partial charge in [-0.15, -0.1) is 0 Å². The van der Waals surface area contributed by atoms with Crippen molar-refractivity contribution in [3.8, 4) is 0 Å². The maximum absolute atomic E-state index is 6.14. The summed E-state index contributed by atoms with van der Waals surface area (Å²) in [6.07, 6.45) is 3.63. The Kier molecular flexibility index (Phi) is 9.73. The molecule has 3 saturated heterocycles. The largest absolute Gasteiger partial charge is 0.377 e. The van der Waals surface area contributed by atoms with Crippen molar-refractivity contribution < 1.29 is 37.9 Å². The third-order valence-corrected chi connectivity index (χ3v) is 4.99. The van der Waals surface area contributed by atoms with Gasteiger partial charge in [0.25, 0.3) is 0 Å². The zero-order valence-electron chi connectivity index (χ0n) is 16.2. The first-order valence-corrected chi connectivity index (χ1v) is 10.2. The minimum Gasteiger partial charge on any atom is -0.377 e. The number of fused-ring (bicyclic) bond motifs is 3. The van der Waals surface area contributed by atoms with Gasteiger partial charge in [0.15, 0.2) is 5.79 Å². The number of ether oxygens (including phenoxy) is 8. The van der Waals surface area contributed by atoms with Crippen molar-refractivity contribution in [2.24, 2.45) is 0 Å². The van der Waals surface area contributed by atoms with Gasteiger partial charge in [0.2, 0.25) is 0 Å². The van der Waals surface area contributed by atoms with E-state index in [0.29, 0.717) is 72.7 Å². The van der Waals surface area contributed by atoms with E-state index in [1.54, 1.807) is 0 Å². The van der Waals surface area contributed by atoms with Gasteiger partial charge >= 0.3 is 0 Å². The molecule has 0 N–H and O–H groups in total. The molecular weight excluding hydrogens is 356 g/mol. The minimum atomic E-state index is -0.631. The van der Waals surface area contributed by atoms with Crippen LogP contribution in [0.2, 0.25) is 0 Å². The van der Waals surface area contributed by atoms with E-state index in [1.165, 1.54) is 0 Å². The Morgan fingerprint density at radius 3 is 1.74 bits per heavy atom. The molecule has 0 saturated carbocycles. The van der Waals surface area contributed by atoms with Crippen LogP contribution in [0.15, 0.2) is 0 Å². The second-order valence-electron chi connectivity index (χ2n) is 6.97. The Morgan fingerprint density at radius 2 is 1.15 bits per heavy atom. The summed E-state index contributed by atoms with van der Waals surface area (Å²) in [7, 11) is 0. The van der Waals surface area contributed by atoms with Gasteiger partial charge in [-0.3, -0.25) is 0 Å². The smallest absolute Gasteiger partial charge is 0.194 e. The van der Waals surface area contributed by atoms with Crippen LogP contribution in [0.1, 0.15) is 25.7 Å². The van der Waals surface area contributed by atoms with Crippen LogP contribution in [-0.2, 0) is 37.9 Å². The first-order chi connectivity index (χ1) is 13.4. The van der Waals surface area contributed by atoms with Crippen molar-refractivity contribution in [2.75, 3.05) is 79.3 Å². The van der Waals surface area contributed by atoms with E-state index in [2.05, 4.69) is 0 Å². The van der Waals surface area contributed by atoms with Crippen LogP contribution < -0.4 is 0 Å². The van der Waals surface area contributed by atoms with Crippen molar-refractivity contribution in [1.82, 2.24) is 0 Å². The fraction of sp³-hybridized carbons (Fsp3) is 1.00. The zero-order chi connectivity index (χ0) is 18.6. The van der Waals surface area contributed by atoms with Crippen molar-refractivity contribution in [1.29, 1.82) is 0 Å². The predicted octanol–water partition coefficient (Wildman–Crippen LogP) is 1.15. The van der Waals surface area contributed by atoms with Crippen LogP contribution >= 0.6 is 0 Å². The molecule has 3 aliphatic rings. The number of hydrogen-bond donors (Lipinski definition) is 0. The molecule has 3 rings (SSSR count). The molecule has 0 aromatic carbocycles. The van der Waals surface area contributed by atoms with E-state index in [4.69, 9.17) is 37.9 Å². The molecule has 3 fully saturated rings. The maximum Gasteiger partial charge on any atom is 0.194 e. The maximum atomic E-state index is 6.14. The Labute approximate surface area is 161 Å². The second kappa shape index (κ2) is 12.3. The molecule has 27 heavy (non-hydrogen) atoms. The molecule has 3 aliphatic heterocycles. The van der Waals surface area contributed by atoms with Gasteiger partial charge in [-0.25, -0.2) is 0 Å². The minimum absolute atomic E-state index is 0.0117. The fourth-order valence-electron chi connectivity index (χ4n) is 3.57. The first kappa shape index (κ1) is 21.4. The van der Waals surface area contributed by atoms with Gasteiger partial charge in [-0.1, -0.05) is 0 Å². The van der Waals surface area contributed by atoms with Crippen molar-refractivity contribution in [2.45, 2.75) is 43.7 Å². The van der Waals surface area contributed by atoms with Gasteiger partial charge < -0.3 is 37.9 Å². The summed E-state index contributed by atoms with van der Waals surface area (Å²) in [5.41, 5.74) is 0. The molecule has 8 nitrogen and oxygen atoms in total. The molecule has 8 heteroatoms. The number of rotatable bonds is 0. The van der Waals surface area contributed by atoms with Crippen LogP contribution in [-0.4, -0.2) is 97.3 Å². The molecule has 0 amide bonds. The zero-order valence-corrected chi connectivity index (χ0v) is 16.2. The lowest BCUT2D eigenvalue weighted by Crippen LogP contribution is -2.57. The summed E-state index contributed by atoms with van der Waals surface area (Å²) in [5.74, 6) is -0.631. The van der Waals surface area contributed by atoms with Gasteiger partial charge in [0, 0.05) is 12.8 Å². The highest BCUT2D eigenvalue weighted by Crippen LogP contribution is 2.37. The first-order valence-electron chi connectivity index (χ1n) is 10.2. The van der Waals surface area contributed by atoms with Gasteiger partial charge in [-0.05, 0) is 12.8 Å². The SMILES string of the molecule is C1CC[C@@]2(OC1)OC[C@@H]1C[C@H]2OCCOCCOCCOCCOCCO1. The third kappa shape index (κ3) is 7.21. The molecule has 0 aromatic heterocycles. The lowest BCUT2D eigenvalue weighted by Gasteiger charge is -2.47. The molecule has 1 spiro atoms. The van der Waals surface area contributed by atoms with E-state index in [9.17, 15) is 0 Å². The van der Waals surface area contributed by atoms with E-state index < -0.39 is 5.79 Å². The normalized spacial score (nSPS) is 36.4. The standard InChI is InChI=1S/C19H34O8/c1-2-4-26-19(3-1)18-15-17(16-27-19)24-13-11-22-9-7-20-5-6-21-8-10-23-12-14-25-18/h17-18H,1-16H2/t17-,18+,19+/m0/s1. The van der Waals surface area contributed by atoms with Crippen LogP contribution in [0, 0.1) is 0 Å². The molecule has 0 unspecified atom stereocenters. The van der Waals surface area contributed by atoms with E-state index in [-0.39, 0.29) is 12.2 Å². The average Bonchev–Trinajstić information content (AvgIpc) is 2.70. The average molecular weight is 390 g/mol. The van der Waals surface area contributed by atoms with E-state index in [0.717, 1.165) is 32.3 Å². The van der Waals surface area contributed by atoms with Crippen LogP contribution in [0.4, 0.5) is 0 Å². The van der Waals surface area contributed by atoms with Crippen LogP contribution in [0.3, 0.4) is 0 Å². The summed E-state index contributed by atoms with van der Waals surface area (Å²) in [4.78, 5) is 0. The Morgan fingerprint density at radius 1 is 0.556 bits per heavy atom. The van der Waals surface area contributed by atoms with E-state index in [1.807, 2.05) is 0 Å². The molecule has 2 bridgehead atoms. The molecule has 158 valence electrons. The summed E-state index contributed by atoms with van der Waals surface area (Å²) >= 11 is 0. The highest BCUT2D eigenvalue weighted by atomic mass is 16.7. The molecule has 0 radical (unpaired) electrons. The van der Waals surface area contributed by atoms with Crippen molar-refractivity contribution >= 4 is 0 Å². The molecular formula is C19H34O8. The van der Waals surface area contributed by atoms with E-state index >= 15 is 0 Å². The summed E-state index contributed by atoms with van der Waals surface area (Å²) in [6, 6.07) is 0. The van der Waals surface area contributed by atoms with Crippen molar-refractivity contribution in [3.05, 3.63) is 0 Å². The van der Waals surface area contributed by atoms with Crippen LogP contribution in [0.5, 0.6) is 0 Å². The monoisotopic (exact) mass is 390 g/mol. The van der Waals surface area contributed by atoms with Gasteiger partial charge in [0.1, 0.15) is 6.10 Å². The van der Waals surface area contributed by atoms with Crippen molar-refractivity contribution in [3.63, 3.8) is 0 Å². The summed E-state index contributed by atoms with van der Waals surface area (Å²) < 4.78 is 46.3. The summed E-state index contributed by atoms with van der Waals surface area (Å²) in [6.45, 7) is 6.65.